The zero-order chi connectivity index (χ0) is 13.9. The lowest BCUT2D eigenvalue weighted by atomic mass is 9.95. The lowest BCUT2D eigenvalue weighted by Gasteiger charge is -2.30. The largest absolute Gasteiger partial charge is 0.458 e. The molecule has 0 aromatic carbocycles. The highest BCUT2D eigenvalue weighted by Gasteiger charge is 2.72. The summed E-state index contributed by atoms with van der Waals surface area (Å²) in [5.74, 6) is -5.06. The van der Waals surface area contributed by atoms with Crippen LogP contribution in [0.3, 0.4) is 0 Å². The Bertz CT molecular complexity index is 324. The lowest BCUT2D eigenvalue weighted by Crippen LogP contribution is -2.54. The van der Waals surface area contributed by atoms with Crippen molar-refractivity contribution >= 4 is 0 Å². The molecular weight excluding hydrogens is 259 g/mol. The predicted octanol–water partition coefficient (Wildman–Crippen LogP) is 4.68. The summed E-state index contributed by atoms with van der Waals surface area (Å²) in [5, 5.41) is 11.5. The van der Waals surface area contributed by atoms with Gasteiger partial charge >= 0.3 is 12.1 Å². The van der Waals surface area contributed by atoms with E-state index in [4.69, 9.17) is 0 Å². The van der Waals surface area contributed by atoms with E-state index in [1.165, 1.54) is 0 Å². The molecule has 0 saturated carbocycles. The van der Waals surface area contributed by atoms with Gasteiger partial charge in [-0.25, -0.2) is 0 Å². The molecule has 0 N–H and O–H groups in total. The second kappa shape index (κ2) is 5.23. The monoisotopic (exact) mass is 272 g/mol. The van der Waals surface area contributed by atoms with E-state index in [1.54, 1.807) is 0 Å². The average Bonchev–Trinajstić information content (AvgIpc) is 2.73. The van der Waals surface area contributed by atoms with E-state index < -0.39 is 24.2 Å². The molecule has 0 amide bonds. The summed E-state index contributed by atoms with van der Waals surface area (Å²) in [6.07, 6.45) is -3.95. The molecule has 0 aromatic rings. The number of unbranched alkanes of at least 4 members (excludes halogenated alkanes) is 3. The zero-order valence-electron chi connectivity index (χ0n) is 9.71. The molecule has 0 saturated heterocycles. The van der Waals surface area contributed by atoms with Crippen LogP contribution in [0.2, 0.25) is 0 Å². The maximum atomic E-state index is 13.4. The summed E-state index contributed by atoms with van der Waals surface area (Å²) in [6.45, 7) is 1.90. The van der Waals surface area contributed by atoms with Gasteiger partial charge in [0, 0.05) is 6.42 Å². The van der Waals surface area contributed by atoms with E-state index in [9.17, 15) is 22.0 Å². The quantitative estimate of drug-likeness (QED) is 0.497. The summed E-state index contributed by atoms with van der Waals surface area (Å²) in [5.41, 5.74) is -2.92. The van der Waals surface area contributed by atoms with Gasteiger partial charge in [-0.05, 0) is 16.9 Å². The van der Waals surface area contributed by atoms with E-state index in [-0.39, 0.29) is 6.42 Å². The molecule has 18 heavy (non-hydrogen) atoms. The van der Waals surface area contributed by atoms with Gasteiger partial charge < -0.3 is 0 Å². The van der Waals surface area contributed by atoms with Gasteiger partial charge in [0.2, 0.25) is 0 Å². The van der Waals surface area contributed by atoms with Gasteiger partial charge in [0.05, 0.1) is 0 Å². The number of hydrogen-bond acceptors (Lipinski definition) is 4. The standard InChI is InChI=1S/C9H13F5N4/c1-2-3-4-5-6-7(15-17-18-16-7)8(10,11)9(12,13)14/h2-6H2,1H3. The first-order chi connectivity index (χ1) is 8.27. The number of nitrogens with zero attached hydrogens (tertiary/aromatic N) is 4. The van der Waals surface area contributed by atoms with Gasteiger partial charge in [-0.1, -0.05) is 26.2 Å². The van der Waals surface area contributed by atoms with E-state index in [1.807, 2.05) is 6.92 Å². The third-order valence-corrected chi connectivity index (χ3v) is 2.70. The molecule has 1 heterocycles. The summed E-state index contributed by atoms with van der Waals surface area (Å²) >= 11 is 0. The Balaban J connectivity index is 2.82. The fourth-order valence-corrected chi connectivity index (χ4v) is 1.62. The summed E-state index contributed by atoms with van der Waals surface area (Å²) in [6, 6.07) is 0. The van der Waals surface area contributed by atoms with Crippen molar-refractivity contribution in [2.45, 2.75) is 56.8 Å². The molecule has 0 aromatic heterocycles. The average molecular weight is 272 g/mol. The van der Waals surface area contributed by atoms with Crippen LogP contribution in [0.4, 0.5) is 22.0 Å². The first-order valence-corrected chi connectivity index (χ1v) is 5.55. The Morgan fingerprint density at radius 2 is 1.44 bits per heavy atom. The summed E-state index contributed by atoms with van der Waals surface area (Å²) in [4.78, 5) is 0. The predicted molar refractivity (Wildman–Crippen MR) is 52.2 cm³/mol. The minimum absolute atomic E-state index is 0.164. The Morgan fingerprint density at radius 3 is 1.89 bits per heavy atom. The maximum absolute atomic E-state index is 13.4. The van der Waals surface area contributed by atoms with Gasteiger partial charge in [-0.2, -0.15) is 22.0 Å². The lowest BCUT2D eigenvalue weighted by molar-refractivity contribution is -0.307. The van der Waals surface area contributed by atoms with Gasteiger partial charge in [0.1, 0.15) is 0 Å². The fraction of sp³-hybridized carbons (Fsp3) is 1.00. The van der Waals surface area contributed by atoms with Crippen molar-refractivity contribution in [2.24, 2.45) is 20.7 Å². The van der Waals surface area contributed by atoms with Gasteiger partial charge in [0.25, 0.3) is 5.66 Å². The van der Waals surface area contributed by atoms with Crippen LogP contribution >= 0.6 is 0 Å². The smallest absolute Gasteiger partial charge is 0.191 e. The Morgan fingerprint density at radius 1 is 0.889 bits per heavy atom. The van der Waals surface area contributed by atoms with Crippen molar-refractivity contribution < 1.29 is 22.0 Å². The molecule has 1 aliphatic rings. The van der Waals surface area contributed by atoms with E-state index in [0.717, 1.165) is 12.8 Å². The first-order valence-electron chi connectivity index (χ1n) is 5.55. The van der Waals surface area contributed by atoms with Crippen molar-refractivity contribution in [3.05, 3.63) is 0 Å². The van der Waals surface area contributed by atoms with Crippen LogP contribution in [0, 0.1) is 0 Å². The number of halogens is 5. The molecule has 104 valence electrons. The molecule has 1 rings (SSSR count). The van der Waals surface area contributed by atoms with Crippen molar-refractivity contribution in [3.63, 3.8) is 0 Å². The van der Waals surface area contributed by atoms with Crippen LogP contribution in [-0.2, 0) is 0 Å². The Kier molecular flexibility index (Phi) is 4.33. The fourth-order valence-electron chi connectivity index (χ4n) is 1.62. The van der Waals surface area contributed by atoms with E-state index in [2.05, 4.69) is 20.7 Å². The van der Waals surface area contributed by atoms with Crippen LogP contribution < -0.4 is 0 Å². The second-order valence-electron chi connectivity index (χ2n) is 4.08. The van der Waals surface area contributed by atoms with Crippen molar-refractivity contribution in [1.29, 1.82) is 0 Å². The number of alkyl halides is 5. The SMILES string of the molecule is CCCCCCC1(C(F)(F)C(F)(F)F)N=NN=N1. The highest BCUT2D eigenvalue weighted by molar-refractivity contribution is 5.02. The van der Waals surface area contributed by atoms with Gasteiger partial charge in [-0.15, -0.1) is 10.2 Å². The van der Waals surface area contributed by atoms with Crippen LogP contribution in [-0.4, -0.2) is 17.8 Å². The number of hydrogen-bond donors (Lipinski definition) is 0. The third kappa shape index (κ3) is 2.64. The van der Waals surface area contributed by atoms with Gasteiger partial charge in [-0.3, -0.25) is 0 Å². The minimum Gasteiger partial charge on any atom is -0.191 e. The van der Waals surface area contributed by atoms with Crippen molar-refractivity contribution in [1.82, 2.24) is 0 Å². The molecule has 0 spiro atoms. The third-order valence-electron chi connectivity index (χ3n) is 2.70. The van der Waals surface area contributed by atoms with Crippen molar-refractivity contribution in [3.8, 4) is 0 Å². The highest BCUT2D eigenvalue weighted by atomic mass is 19.4. The van der Waals surface area contributed by atoms with E-state index >= 15 is 0 Å². The molecule has 0 bridgehead atoms. The Labute approximate surface area is 100 Å². The molecule has 4 nitrogen and oxygen atoms in total. The molecular formula is C9H13F5N4. The number of rotatable bonds is 6. The van der Waals surface area contributed by atoms with Crippen LogP contribution in [0.15, 0.2) is 20.7 Å². The maximum Gasteiger partial charge on any atom is 0.458 e. The molecule has 0 radical (unpaired) electrons. The molecule has 0 aliphatic carbocycles. The highest BCUT2D eigenvalue weighted by Crippen LogP contribution is 2.50. The van der Waals surface area contributed by atoms with Crippen molar-refractivity contribution in [2.75, 3.05) is 0 Å². The first kappa shape index (κ1) is 14.9. The topological polar surface area (TPSA) is 49.4 Å². The van der Waals surface area contributed by atoms with Crippen LogP contribution in [0.25, 0.3) is 0 Å². The molecule has 9 heteroatoms. The zero-order valence-corrected chi connectivity index (χ0v) is 9.71. The van der Waals surface area contributed by atoms with Crippen LogP contribution in [0.1, 0.15) is 39.0 Å². The summed E-state index contributed by atoms with van der Waals surface area (Å²) < 4.78 is 63.8. The molecule has 0 fully saturated rings. The Hall–Kier alpha value is -1.15. The minimum atomic E-state index is -5.72. The van der Waals surface area contributed by atoms with Crippen LogP contribution in [0.5, 0.6) is 0 Å². The normalized spacial score (nSPS) is 18.6. The molecule has 0 atom stereocenters. The molecule has 0 unspecified atom stereocenters. The van der Waals surface area contributed by atoms with E-state index in [0.29, 0.717) is 6.42 Å². The second-order valence-corrected chi connectivity index (χ2v) is 4.08. The van der Waals surface area contributed by atoms with Gasteiger partial charge in [0.15, 0.2) is 0 Å². The summed E-state index contributed by atoms with van der Waals surface area (Å²) in [7, 11) is 0. The molecule has 1 aliphatic heterocycles.